The van der Waals surface area contributed by atoms with Crippen molar-refractivity contribution in [1.29, 1.82) is 5.41 Å². The maximum atomic E-state index is 11.9. The summed E-state index contributed by atoms with van der Waals surface area (Å²) in [5.41, 5.74) is 0.0153. The quantitative estimate of drug-likeness (QED) is 0.696. The highest BCUT2D eigenvalue weighted by Gasteiger charge is 2.18. The Kier molecular flexibility index (Phi) is 4.31. The largest absolute Gasteiger partial charge is 0.379 e. The van der Waals surface area contributed by atoms with Gasteiger partial charge in [-0.2, -0.15) is 0 Å². The van der Waals surface area contributed by atoms with E-state index in [1.54, 1.807) is 0 Å². The number of hydrogen-bond donors (Lipinski definition) is 3. The molecular formula is C13H20N4O2. The molecule has 3 N–H and O–H groups in total. The third kappa shape index (κ3) is 3.41. The van der Waals surface area contributed by atoms with Crippen molar-refractivity contribution in [3.8, 4) is 0 Å². The zero-order valence-corrected chi connectivity index (χ0v) is 11.3. The highest BCUT2D eigenvalue weighted by atomic mass is 16.5. The van der Waals surface area contributed by atoms with Crippen LogP contribution in [-0.4, -0.2) is 35.4 Å². The minimum Gasteiger partial charge on any atom is -0.379 e. The summed E-state index contributed by atoms with van der Waals surface area (Å²) >= 11 is 0. The van der Waals surface area contributed by atoms with E-state index in [9.17, 15) is 4.79 Å². The molecule has 0 aromatic carbocycles. The number of hydrogen-bond acceptors (Lipinski definition) is 5. The molecule has 1 fully saturated rings. The maximum Gasteiger partial charge on any atom is 0.261 e. The lowest BCUT2D eigenvalue weighted by molar-refractivity contribution is 0.195. The van der Waals surface area contributed by atoms with Crippen LogP contribution in [0.5, 0.6) is 0 Å². The molecule has 1 aromatic rings. The van der Waals surface area contributed by atoms with Crippen molar-refractivity contribution in [1.82, 2.24) is 9.97 Å². The Labute approximate surface area is 112 Å². The summed E-state index contributed by atoms with van der Waals surface area (Å²) in [5.74, 6) is 1.56. The van der Waals surface area contributed by atoms with E-state index in [1.807, 2.05) is 0 Å². The number of H-pyrrole nitrogens is 1. The molecule has 2 rings (SSSR count). The van der Waals surface area contributed by atoms with Crippen molar-refractivity contribution in [3.05, 3.63) is 21.7 Å². The lowest BCUT2D eigenvalue weighted by Crippen LogP contribution is -2.26. The Morgan fingerprint density at radius 3 is 3.00 bits per heavy atom. The molecule has 0 bridgehead atoms. The molecule has 104 valence electrons. The lowest BCUT2D eigenvalue weighted by Gasteiger charge is -2.14. The summed E-state index contributed by atoms with van der Waals surface area (Å²) < 4.78 is 5.29. The standard InChI is InChI=1S/C13H20N4O2/c1-8(2)5-11-16-12(10(6-14)13(18)17-11)15-9-3-4-19-7-9/h6,8-9,14H,3-5,7H2,1-2H3,(H2,15,16,17,18). The first-order valence-electron chi connectivity index (χ1n) is 6.58. The van der Waals surface area contributed by atoms with Gasteiger partial charge in [-0.05, 0) is 12.3 Å². The maximum absolute atomic E-state index is 11.9. The summed E-state index contributed by atoms with van der Waals surface area (Å²) in [7, 11) is 0. The number of ether oxygens (including phenoxy) is 1. The predicted octanol–water partition coefficient (Wildman–Crippen LogP) is 1.17. The molecule has 1 saturated heterocycles. The third-order valence-corrected chi connectivity index (χ3v) is 3.02. The Morgan fingerprint density at radius 1 is 1.63 bits per heavy atom. The summed E-state index contributed by atoms with van der Waals surface area (Å²) in [6, 6.07) is 0.167. The van der Waals surface area contributed by atoms with E-state index in [0.717, 1.165) is 19.2 Å². The fraction of sp³-hybridized carbons (Fsp3) is 0.615. The van der Waals surface area contributed by atoms with Gasteiger partial charge in [-0.1, -0.05) is 13.8 Å². The van der Waals surface area contributed by atoms with E-state index in [4.69, 9.17) is 10.1 Å². The van der Waals surface area contributed by atoms with Crippen LogP contribution in [-0.2, 0) is 11.2 Å². The average Bonchev–Trinajstić information content (AvgIpc) is 2.80. The molecule has 1 unspecified atom stereocenters. The normalized spacial score (nSPS) is 18.8. The van der Waals surface area contributed by atoms with Crippen LogP contribution in [0.3, 0.4) is 0 Å². The third-order valence-electron chi connectivity index (χ3n) is 3.02. The van der Waals surface area contributed by atoms with Gasteiger partial charge in [0.2, 0.25) is 0 Å². The fourth-order valence-electron chi connectivity index (χ4n) is 2.10. The summed E-state index contributed by atoms with van der Waals surface area (Å²) in [6.45, 7) is 5.48. The number of nitrogens with one attached hydrogen (secondary N) is 3. The molecule has 2 heterocycles. The molecule has 0 radical (unpaired) electrons. The monoisotopic (exact) mass is 264 g/mol. The van der Waals surface area contributed by atoms with Crippen LogP contribution in [0.4, 0.5) is 5.82 Å². The highest BCUT2D eigenvalue weighted by Crippen LogP contribution is 2.14. The highest BCUT2D eigenvalue weighted by molar-refractivity contribution is 5.83. The first-order valence-corrected chi connectivity index (χ1v) is 6.58. The molecule has 6 nitrogen and oxygen atoms in total. The molecule has 1 aliphatic heterocycles. The molecule has 0 amide bonds. The van der Waals surface area contributed by atoms with Crippen molar-refractivity contribution in [2.75, 3.05) is 18.5 Å². The summed E-state index contributed by atoms with van der Waals surface area (Å²) in [4.78, 5) is 19.1. The predicted molar refractivity (Wildman–Crippen MR) is 74.1 cm³/mol. The molecule has 1 aromatic heterocycles. The van der Waals surface area contributed by atoms with Crippen molar-refractivity contribution >= 4 is 12.0 Å². The molecule has 6 heteroatoms. The zero-order valence-electron chi connectivity index (χ0n) is 11.3. The van der Waals surface area contributed by atoms with E-state index < -0.39 is 0 Å². The van der Waals surface area contributed by atoms with Crippen LogP contribution in [0, 0.1) is 11.3 Å². The van der Waals surface area contributed by atoms with E-state index in [1.165, 1.54) is 0 Å². The van der Waals surface area contributed by atoms with Crippen LogP contribution in [0.15, 0.2) is 4.79 Å². The minimum atomic E-state index is -0.262. The van der Waals surface area contributed by atoms with Gasteiger partial charge in [0.15, 0.2) is 0 Å². The van der Waals surface area contributed by atoms with Crippen LogP contribution >= 0.6 is 0 Å². The second kappa shape index (κ2) is 5.97. The Morgan fingerprint density at radius 2 is 2.42 bits per heavy atom. The van der Waals surface area contributed by atoms with E-state index in [-0.39, 0.29) is 17.2 Å². The van der Waals surface area contributed by atoms with E-state index in [0.29, 0.717) is 30.6 Å². The number of aromatic nitrogens is 2. The zero-order chi connectivity index (χ0) is 13.8. The second-order valence-corrected chi connectivity index (χ2v) is 5.22. The van der Waals surface area contributed by atoms with Gasteiger partial charge in [0.1, 0.15) is 11.6 Å². The van der Waals surface area contributed by atoms with E-state index in [2.05, 4.69) is 29.1 Å². The van der Waals surface area contributed by atoms with Gasteiger partial charge < -0.3 is 20.4 Å². The summed E-state index contributed by atoms with van der Waals surface area (Å²) in [6.07, 6.45) is 2.65. The fourth-order valence-corrected chi connectivity index (χ4v) is 2.10. The topological polar surface area (TPSA) is 90.9 Å². The van der Waals surface area contributed by atoms with E-state index >= 15 is 0 Å². The van der Waals surface area contributed by atoms with Crippen LogP contribution in [0.1, 0.15) is 31.7 Å². The average molecular weight is 264 g/mol. The van der Waals surface area contributed by atoms with Gasteiger partial charge in [-0.25, -0.2) is 4.98 Å². The van der Waals surface area contributed by atoms with Crippen LogP contribution in [0.25, 0.3) is 0 Å². The molecule has 0 saturated carbocycles. The smallest absolute Gasteiger partial charge is 0.261 e. The van der Waals surface area contributed by atoms with Gasteiger partial charge in [0.25, 0.3) is 5.56 Å². The van der Waals surface area contributed by atoms with Crippen molar-refractivity contribution in [3.63, 3.8) is 0 Å². The van der Waals surface area contributed by atoms with Crippen LogP contribution < -0.4 is 10.9 Å². The van der Waals surface area contributed by atoms with Crippen molar-refractivity contribution in [2.24, 2.45) is 5.92 Å². The van der Waals surface area contributed by atoms with Gasteiger partial charge in [-0.3, -0.25) is 4.79 Å². The molecule has 0 spiro atoms. The Balaban J connectivity index is 2.29. The van der Waals surface area contributed by atoms with Crippen LogP contribution in [0.2, 0.25) is 0 Å². The molecular weight excluding hydrogens is 244 g/mol. The Bertz CT molecular complexity index is 504. The molecule has 1 aliphatic rings. The number of aromatic amines is 1. The van der Waals surface area contributed by atoms with Gasteiger partial charge in [0, 0.05) is 19.2 Å². The summed E-state index contributed by atoms with van der Waals surface area (Å²) in [5, 5.41) is 10.6. The molecule has 19 heavy (non-hydrogen) atoms. The number of anilines is 1. The minimum absolute atomic E-state index is 0.167. The van der Waals surface area contributed by atoms with Gasteiger partial charge in [0.05, 0.1) is 18.2 Å². The molecule has 1 atom stereocenters. The van der Waals surface area contributed by atoms with Gasteiger partial charge >= 0.3 is 0 Å². The second-order valence-electron chi connectivity index (χ2n) is 5.22. The number of nitrogens with zero attached hydrogens (tertiary/aromatic N) is 1. The molecule has 0 aliphatic carbocycles. The van der Waals surface area contributed by atoms with Crippen molar-refractivity contribution in [2.45, 2.75) is 32.7 Å². The lowest BCUT2D eigenvalue weighted by atomic mass is 10.1. The SMILES string of the molecule is CC(C)Cc1nc(NC2CCOC2)c(C=N)c(=O)[nH]1. The first kappa shape index (κ1) is 13.7. The first-order chi connectivity index (χ1) is 9.10. The number of rotatable bonds is 5. The van der Waals surface area contributed by atoms with Crippen molar-refractivity contribution < 1.29 is 4.74 Å². The Hall–Kier alpha value is -1.69. The van der Waals surface area contributed by atoms with Gasteiger partial charge in [-0.15, -0.1) is 0 Å².